The van der Waals surface area contributed by atoms with Crippen molar-refractivity contribution in [3.8, 4) is 22.8 Å². The predicted molar refractivity (Wildman–Crippen MR) is 117 cm³/mol. The number of hydrogen-bond acceptors (Lipinski definition) is 10. The molecule has 0 spiro atoms. The number of benzene rings is 1. The number of carbonyl (C=O) groups excluding carboxylic acids is 1. The molecular weight excluding hydrogens is 495 g/mol. The van der Waals surface area contributed by atoms with Crippen molar-refractivity contribution in [1.82, 2.24) is 19.9 Å². The maximum atomic E-state index is 13.3. The normalized spacial score (nSPS) is 11.4. The van der Waals surface area contributed by atoms with Crippen LogP contribution in [0.4, 0.5) is 4.39 Å². The van der Waals surface area contributed by atoms with E-state index in [4.69, 9.17) is 16.0 Å². The van der Waals surface area contributed by atoms with Gasteiger partial charge in [-0.1, -0.05) is 11.6 Å². The maximum Gasteiger partial charge on any atom is 0.374 e. The van der Waals surface area contributed by atoms with Gasteiger partial charge in [-0.2, -0.15) is 8.42 Å². The molecular formula is C20H12ClFN4O5S2. The maximum absolute atomic E-state index is 13.3. The van der Waals surface area contributed by atoms with Crippen LogP contribution in [0.5, 0.6) is 0 Å². The summed E-state index contributed by atoms with van der Waals surface area (Å²) in [5, 5.41) is 1.33. The summed E-state index contributed by atoms with van der Waals surface area (Å²) in [6.45, 7) is 0. The van der Waals surface area contributed by atoms with Gasteiger partial charge in [0.05, 0.1) is 23.7 Å². The molecule has 0 fully saturated rings. The Morgan fingerprint density at radius 1 is 1.06 bits per heavy atom. The standard InChI is InChI=1S/C20H12ClFN4O5S2/c1-33(28,29)31-19(27)15-10-23-14(9-24-15)17-20(32-16-7-4-12(21)8-25-16)30-18(26-17)11-2-5-13(22)6-3-11/h2-10H,1H3. The fourth-order valence-electron chi connectivity index (χ4n) is 2.51. The Labute approximate surface area is 196 Å². The van der Waals surface area contributed by atoms with E-state index in [0.29, 0.717) is 20.7 Å². The van der Waals surface area contributed by atoms with Crippen molar-refractivity contribution in [3.63, 3.8) is 0 Å². The van der Waals surface area contributed by atoms with Crippen LogP contribution in [0.25, 0.3) is 22.8 Å². The van der Waals surface area contributed by atoms with Crippen LogP contribution in [0.15, 0.2) is 69.5 Å². The van der Waals surface area contributed by atoms with E-state index in [9.17, 15) is 17.6 Å². The monoisotopic (exact) mass is 506 g/mol. The molecule has 4 aromatic rings. The van der Waals surface area contributed by atoms with E-state index < -0.39 is 21.9 Å². The Hall–Kier alpha value is -3.35. The van der Waals surface area contributed by atoms with E-state index in [1.807, 2.05) is 0 Å². The van der Waals surface area contributed by atoms with Crippen molar-refractivity contribution >= 4 is 39.5 Å². The molecule has 3 aromatic heterocycles. The van der Waals surface area contributed by atoms with Crippen LogP contribution in [-0.4, -0.2) is 40.6 Å². The van der Waals surface area contributed by atoms with Crippen LogP contribution < -0.4 is 0 Å². The van der Waals surface area contributed by atoms with Gasteiger partial charge in [0.1, 0.15) is 22.2 Å². The van der Waals surface area contributed by atoms with Crippen LogP contribution in [-0.2, 0) is 14.3 Å². The highest BCUT2D eigenvalue weighted by molar-refractivity contribution is 7.99. The summed E-state index contributed by atoms with van der Waals surface area (Å²) in [5.41, 5.74) is 0.737. The number of rotatable bonds is 6. The van der Waals surface area contributed by atoms with Gasteiger partial charge in [0.15, 0.2) is 10.8 Å². The second-order valence-corrected chi connectivity index (χ2v) is 9.45. The van der Waals surface area contributed by atoms with Crippen molar-refractivity contribution in [2.45, 2.75) is 10.1 Å². The lowest BCUT2D eigenvalue weighted by molar-refractivity contribution is 0.0742. The number of hydrogen-bond donors (Lipinski definition) is 0. The summed E-state index contributed by atoms with van der Waals surface area (Å²) in [6, 6.07) is 8.91. The molecule has 0 N–H and O–H groups in total. The van der Waals surface area contributed by atoms with Gasteiger partial charge >= 0.3 is 16.1 Å². The zero-order valence-corrected chi connectivity index (χ0v) is 19.0. The van der Waals surface area contributed by atoms with Gasteiger partial charge in [-0.3, -0.25) is 4.98 Å². The molecule has 4 rings (SSSR count). The van der Waals surface area contributed by atoms with Crippen LogP contribution in [0.3, 0.4) is 0 Å². The molecule has 0 bridgehead atoms. The number of halogens is 2. The molecule has 0 aliphatic heterocycles. The smallest absolute Gasteiger partial charge is 0.374 e. The summed E-state index contributed by atoms with van der Waals surface area (Å²) < 4.78 is 45.8. The Balaban J connectivity index is 1.71. The van der Waals surface area contributed by atoms with Gasteiger partial charge < -0.3 is 8.60 Å². The molecule has 0 atom stereocenters. The number of nitrogens with zero attached hydrogens (tertiary/aromatic N) is 4. The molecule has 168 valence electrons. The van der Waals surface area contributed by atoms with Crippen molar-refractivity contribution in [2.24, 2.45) is 0 Å². The third kappa shape index (κ3) is 5.72. The predicted octanol–water partition coefficient (Wildman–Crippen LogP) is 4.25. The van der Waals surface area contributed by atoms with Gasteiger partial charge in [0.2, 0.25) is 5.89 Å². The summed E-state index contributed by atoms with van der Waals surface area (Å²) in [4.78, 5) is 28.6. The van der Waals surface area contributed by atoms with E-state index in [1.54, 1.807) is 12.1 Å². The first-order chi connectivity index (χ1) is 15.7. The summed E-state index contributed by atoms with van der Waals surface area (Å²) in [5.74, 6) is -1.37. The molecule has 9 nitrogen and oxygen atoms in total. The quantitative estimate of drug-likeness (QED) is 0.350. The van der Waals surface area contributed by atoms with Crippen molar-refractivity contribution in [2.75, 3.05) is 6.26 Å². The molecule has 0 radical (unpaired) electrons. The molecule has 0 saturated heterocycles. The minimum absolute atomic E-state index is 0.198. The van der Waals surface area contributed by atoms with Gasteiger partial charge in [-0.05, 0) is 48.2 Å². The Morgan fingerprint density at radius 2 is 1.82 bits per heavy atom. The third-order valence-electron chi connectivity index (χ3n) is 3.92. The molecule has 0 aliphatic rings. The number of aromatic nitrogens is 4. The van der Waals surface area contributed by atoms with E-state index in [-0.39, 0.29) is 23.0 Å². The van der Waals surface area contributed by atoms with E-state index in [0.717, 1.165) is 24.2 Å². The topological polar surface area (TPSA) is 125 Å². The molecule has 3 heterocycles. The van der Waals surface area contributed by atoms with Crippen LogP contribution in [0.1, 0.15) is 10.5 Å². The molecule has 1 aromatic carbocycles. The molecule has 33 heavy (non-hydrogen) atoms. The SMILES string of the molecule is CS(=O)(=O)OC(=O)c1cnc(-c2nc(-c3ccc(F)cc3)oc2Sc2ccc(Cl)cn2)cn1. The van der Waals surface area contributed by atoms with Crippen LogP contribution >= 0.6 is 23.4 Å². The summed E-state index contributed by atoms with van der Waals surface area (Å²) >= 11 is 7.03. The van der Waals surface area contributed by atoms with Gasteiger partial charge in [0.25, 0.3) is 0 Å². The average Bonchev–Trinajstić information content (AvgIpc) is 3.18. The second-order valence-electron chi connectivity index (χ2n) is 6.44. The molecule has 0 unspecified atom stereocenters. The highest BCUT2D eigenvalue weighted by atomic mass is 35.5. The zero-order valence-electron chi connectivity index (χ0n) is 16.6. The summed E-state index contributed by atoms with van der Waals surface area (Å²) in [7, 11) is -4.00. The first-order valence-electron chi connectivity index (χ1n) is 9.00. The fraction of sp³-hybridized carbons (Fsp3) is 0.0500. The van der Waals surface area contributed by atoms with E-state index >= 15 is 0 Å². The van der Waals surface area contributed by atoms with Crippen LogP contribution in [0.2, 0.25) is 5.02 Å². The Kier molecular flexibility index (Phi) is 6.40. The van der Waals surface area contributed by atoms with Crippen LogP contribution in [0, 0.1) is 5.82 Å². The Bertz CT molecular complexity index is 1410. The number of pyridine rings is 1. The molecule has 0 aliphatic carbocycles. The molecule has 0 amide bonds. The van der Waals surface area contributed by atoms with E-state index in [1.165, 1.54) is 36.7 Å². The lowest BCUT2D eigenvalue weighted by Crippen LogP contribution is -2.13. The minimum Gasteiger partial charge on any atom is -0.429 e. The van der Waals surface area contributed by atoms with Gasteiger partial charge in [0, 0.05) is 11.8 Å². The lowest BCUT2D eigenvalue weighted by Gasteiger charge is -2.02. The van der Waals surface area contributed by atoms with Gasteiger partial charge in [-0.25, -0.2) is 24.1 Å². The summed E-state index contributed by atoms with van der Waals surface area (Å²) in [6.07, 6.45) is 4.50. The fourth-order valence-corrected chi connectivity index (χ4v) is 3.78. The largest absolute Gasteiger partial charge is 0.429 e. The molecule has 0 saturated carbocycles. The second kappa shape index (κ2) is 9.25. The van der Waals surface area contributed by atoms with Crippen molar-refractivity contribution in [3.05, 3.63) is 71.5 Å². The van der Waals surface area contributed by atoms with Crippen molar-refractivity contribution in [1.29, 1.82) is 0 Å². The highest BCUT2D eigenvalue weighted by Gasteiger charge is 2.21. The number of oxazole rings is 1. The first-order valence-corrected chi connectivity index (χ1v) is 12.0. The number of carbonyl (C=O) groups is 1. The van der Waals surface area contributed by atoms with E-state index in [2.05, 4.69) is 24.1 Å². The third-order valence-corrected chi connectivity index (χ3v) is 5.51. The first kappa shape index (κ1) is 22.8. The highest BCUT2D eigenvalue weighted by Crippen LogP contribution is 2.37. The minimum atomic E-state index is -4.00. The molecule has 13 heteroatoms. The zero-order chi connectivity index (χ0) is 23.6. The Morgan fingerprint density at radius 3 is 2.42 bits per heavy atom. The van der Waals surface area contributed by atoms with Crippen molar-refractivity contribution < 1.29 is 26.2 Å². The lowest BCUT2D eigenvalue weighted by atomic mass is 10.2. The van der Waals surface area contributed by atoms with Gasteiger partial charge in [-0.15, -0.1) is 0 Å². The average molecular weight is 507 g/mol.